The number of methoxy groups -OCH3 is 1. The van der Waals surface area contributed by atoms with Gasteiger partial charge in [-0.1, -0.05) is 25.7 Å². The Morgan fingerprint density at radius 1 is 1.00 bits per heavy atom. The van der Waals surface area contributed by atoms with Gasteiger partial charge in [0, 0.05) is 30.7 Å². The van der Waals surface area contributed by atoms with E-state index < -0.39 is 10.0 Å². The van der Waals surface area contributed by atoms with Crippen LogP contribution >= 0.6 is 0 Å². The number of likely N-dealkylation sites (tertiary alicyclic amines) is 1. The molecule has 3 fully saturated rings. The fourth-order valence-electron chi connectivity index (χ4n) is 5.26. The van der Waals surface area contributed by atoms with Gasteiger partial charge in [0.1, 0.15) is 10.6 Å². The van der Waals surface area contributed by atoms with E-state index >= 15 is 0 Å². The van der Waals surface area contributed by atoms with Gasteiger partial charge >= 0.3 is 0 Å². The van der Waals surface area contributed by atoms with E-state index in [1.54, 1.807) is 12.1 Å². The van der Waals surface area contributed by atoms with E-state index in [1.165, 1.54) is 30.3 Å². The monoisotopic (exact) mass is 436 g/mol. The zero-order valence-corrected chi connectivity index (χ0v) is 18.6. The summed E-state index contributed by atoms with van der Waals surface area (Å²) in [4.78, 5) is 15.6. The summed E-state index contributed by atoms with van der Waals surface area (Å²) in [5.74, 6) is 0.208. The molecule has 2 heterocycles. The summed E-state index contributed by atoms with van der Waals surface area (Å²) in [5.41, 5.74) is 0.365. The van der Waals surface area contributed by atoms with Gasteiger partial charge in [-0.3, -0.25) is 4.79 Å². The summed E-state index contributed by atoms with van der Waals surface area (Å²) in [6, 6.07) is 4.81. The zero-order chi connectivity index (χ0) is 21.2. The van der Waals surface area contributed by atoms with Crippen LogP contribution in [0.3, 0.4) is 0 Å². The van der Waals surface area contributed by atoms with Crippen LogP contribution < -0.4 is 4.74 Å². The van der Waals surface area contributed by atoms with Crippen LogP contribution in [0.4, 0.5) is 0 Å². The number of hydrogen-bond acceptors (Lipinski definition) is 5. The van der Waals surface area contributed by atoms with Crippen molar-refractivity contribution in [2.75, 3.05) is 40.0 Å². The molecule has 30 heavy (non-hydrogen) atoms. The topological polar surface area (TPSA) is 76.2 Å². The van der Waals surface area contributed by atoms with Gasteiger partial charge in [0.25, 0.3) is 5.91 Å². The summed E-state index contributed by atoms with van der Waals surface area (Å²) in [5, 5.41) is 0. The average Bonchev–Trinajstić information content (AvgIpc) is 3.03. The standard InChI is InChI=1S/C22H32N2O5S/c1-28-19-8-7-18(17-20(19)30(26,27)23-13-15-29-16-14-23)21(25)24-12-6-11-22(24)9-4-2-3-5-10-22/h7-8,17H,2-6,9-16H2,1H3. The molecule has 8 heteroatoms. The first-order valence-electron chi connectivity index (χ1n) is 11.1. The molecule has 1 aromatic carbocycles. The number of amides is 1. The molecule has 2 saturated heterocycles. The number of carbonyl (C=O) groups excluding carboxylic acids is 1. The van der Waals surface area contributed by atoms with Crippen LogP contribution in [0.1, 0.15) is 61.7 Å². The van der Waals surface area contributed by atoms with E-state index in [2.05, 4.69) is 0 Å². The smallest absolute Gasteiger partial charge is 0.254 e. The molecule has 7 nitrogen and oxygen atoms in total. The van der Waals surface area contributed by atoms with Crippen molar-refractivity contribution in [1.82, 2.24) is 9.21 Å². The molecule has 1 spiro atoms. The molecule has 166 valence electrons. The summed E-state index contributed by atoms with van der Waals surface area (Å²) in [7, 11) is -2.31. The summed E-state index contributed by atoms with van der Waals surface area (Å²) in [6.45, 7) is 2.10. The van der Waals surface area contributed by atoms with Gasteiger partial charge in [-0.05, 0) is 43.9 Å². The van der Waals surface area contributed by atoms with Crippen molar-refractivity contribution in [3.05, 3.63) is 23.8 Å². The van der Waals surface area contributed by atoms with Gasteiger partial charge in [0.05, 0.1) is 20.3 Å². The molecule has 1 aliphatic carbocycles. The molecule has 0 bridgehead atoms. The zero-order valence-electron chi connectivity index (χ0n) is 17.8. The lowest BCUT2D eigenvalue weighted by molar-refractivity contribution is 0.0557. The molecule has 1 saturated carbocycles. The molecule has 2 aliphatic heterocycles. The number of sulfonamides is 1. The maximum Gasteiger partial charge on any atom is 0.254 e. The predicted molar refractivity (Wildman–Crippen MR) is 113 cm³/mol. The minimum absolute atomic E-state index is 0.0588. The number of morpholine rings is 1. The summed E-state index contributed by atoms with van der Waals surface area (Å²) < 4.78 is 38.6. The van der Waals surface area contributed by atoms with E-state index in [0.717, 1.165) is 45.1 Å². The molecule has 0 aromatic heterocycles. The van der Waals surface area contributed by atoms with Crippen LogP contribution in [0, 0.1) is 0 Å². The molecule has 1 amide bonds. The molecule has 4 rings (SSSR count). The Bertz CT molecular complexity index is 872. The minimum atomic E-state index is -3.77. The Morgan fingerprint density at radius 2 is 1.67 bits per heavy atom. The number of hydrogen-bond donors (Lipinski definition) is 0. The normalized spacial score (nSPS) is 22.8. The second-order valence-corrected chi connectivity index (χ2v) is 10.5. The van der Waals surface area contributed by atoms with Gasteiger partial charge in [0.15, 0.2) is 0 Å². The van der Waals surface area contributed by atoms with Crippen molar-refractivity contribution in [2.45, 2.75) is 61.8 Å². The molecule has 0 atom stereocenters. The molecular formula is C22H32N2O5S. The van der Waals surface area contributed by atoms with Gasteiger partial charge in [-0.25, -0.2) is 8.42 Å². The number of nitrogens with zero attached hydrogens (tertiary/aromatic N) is 2. The van der Waals surface area contributed by atoms with Crippen molar-refractivity contribution >= 4 is 15.9 Å². The second kappa shape index (κ2) is 8.85. The lowest BCUT2D eigenvalue weighted by Crippen LogP contribution is -2.47. The number of carbonyl (C=O) groups is 1. The first-order chi connectivity index (χ1) is 14.5. The quantitative estimate of drug-likeness (QED) is 0.725. The Morgan fingerprint density at radius 3 is 2.33 bits per heavy atom. The molecule has 1 aromatic rings. The second-order valence-electron chi connectivity index (χ2n) is 8.58. The third-order valence-corrected chi connectivity index (χ3v) is 8.79. The van der Waals surface area contributed by atoms with Crippen molar-refractivity contribution in [2.24, 2.45) is 0 Å². The first kappa shape index (κ1) is 21.6. The van der Waals surface area contributed by atoms with Crippen LogP contribution in [0.25, 0.3) is 0 Å². The highest BCUT2D eigenvalue weighted by atomic mass is 32.2. The fourth-order valence-corrected chi connectivity index (χ4v) is 6.84. The predicted octanol–water partition coefficient (Wildman–Crippen LogP) is 3.05. The van der Waals surface area contributed by atoms with Crippen LogP contribution in [0.2, 0.25) is 0 Å². The van der Waals surface area contributed by atoms with Crippen LogP contribution in [0.5, 0.6) is 5.75 Å². The van der Waals surface area contributed by atoms with Crippen molar-refractivity contribution in [3.63, 3.8) is 0 Å². The van der Waals surface area contributed by atoms with Crippen LogP contribution in [-0.4, -0.2) is 69.0 Å². The highest BCUT2D eigenvalue weighted by Crippen LogP contribution is 2.42. The van der Waals surface area contributed by atoms with Gasteiger partial charge in [0.2, 0.25) is 10.0 Å². The fraction of sp³-hybridized carbons (Fsp3) is 0.682. The third kappa shape index (κ3) is 3.97. The highest BCUT2D eigenvalue weighted by molar-refractivity contribution is 7.89. The molecule has 0 unspecified atom stereocenters. The number of ether oxygens (including phenoxy) is 2. The van der Waals surface area contributed by atoms with E-state index in [4.69, 9.17) is 9.47 Å². The molecule has 0 N–H and O–H groups in total. The van der Waals surface area contributed by atoms with E-state index in [0.29, 0.717) is 31.9 Å². The lowest BCUT2D eigenvalue weighted by atomic mass is 9.87. The Kier molecular flexibility index (Phi) is 6.36. The molecule has 3 aliphatic rings. The Labute approximate surface area is 179 Å². The van der Waals surface area contributed by atoms with E-state index in [9.17, 15) is 13.2 Å². The maximum atomic E-state index is 13.5. The summed E-state index contributed by atoms with van der Waals surface area (Å²) >= 11 is 0. The minimum Gasteiger partial charge on any atom is -0.495 e. The van der Waals surface area contributed by atoms with Crippen LogP contribution in [0.15, 0.2) is 23.1 Å². The highest BCUT2D eigenvalue weighted by Gasteiger charge is 2.43. The van der Waals surface area contributed by atoms with Crippen LogP contribution in [-0.2, 0) is 14.8 Å². The first-order valence-corrected chi connectivity index (χ1v) is 12.5. The average molecular weight is 437 g/mol. The van der Waals surface area contributed by atoms with E-state index in [1.807, 2.05) is 4.90 Å². The number of rotatable bonds is 4. The number of benzene rings is 1. The van der Waals surface area contributed by atoms with Crippen molar-refractivity contribution in [3.8, 4) is 5.75 Å². The van der Waals surface area contributed by atoms with Gasteiger partial charge in [-0.2, -0.15) is 4.31 Å². The lowest BCUT2D eigenvalue weighted by Gasteiger charge is -2.38. The largest absolute Gasteiger partial charge is 0.495 e. The SMILES string of the molecule is COc1ccc(C(=O)N2CCCC23CCCCCC3)cc1S(=O)(=O)N1CCOCC1. The summed E-state index contributed by atoms with van der Waals surface area (Å²) in [6.07, 6.45) is 8.94. The van der Waals surface area contributed by atoms with Crippen molar-refractivity contribution < 1.29 is 22.7 Å². The van der Waals surface area contributed by atoms with Crippen molar-refractivity contribution in [1.29, 1.82) is 0 Å². The third-order valence-electron chi connectivity index (χ3n) is 6.87. The Balaban J connectivity index is 1.66. The Hall–Kier alpha value is -1.64. The van der Waals surface area contributed by atoms with Gasteiger partial charge in [-0.15, -0.1) is 0 Å². The maximum absolute atomic E-state index is 13.5. The van der Waals surface area contributed by atoms with Gasteiger partial charge < -0.3 is 14.4 Å². The molecule has 0 radical (unpaired) electrons. The van der Waals surface area contributed by atoms with E-state index in [-0.39, 0.29) is 22.1 Å². The molecular weight excluding hydrogens is 404 g/mol.